The molecule has 0 saturated heterocycles. The lowest BCUT2D eigenvalue weighted by atomic mass is 9.91. The molecular formula is C10H14N2S. The van der Waals surface area contributed by atoms with Crippen LogP contribution in [0.4, 0.5) is 0 Å². The Balaban J connectivity index is 2.02. The van der Waals surface area contributed by atoms with Crippen molar-refractivity contribution < 1.29 is 0 Å². The van der Waals surface area contributed by atoms with Crippen LogP contribution in [-0.4, -0.2) is 11.0 Å². The Morgan fingerprint density at radius 2 is 2.23 bits per heavy atom. The van der Waals surface area contributed by atoms with Crippen LogP contribution >= 0.6 is 11.3 Å². The van der Waals surface area contributed by atoms with Gasteiger partial charge in [-0.1, -0.05) is 5.57 Å². The molecule has 0 bridgehead atoms. The van der Waals surface area contributed by atoms with Crippen molar-refractivity contribution in [2.75, 3.05) is 0 Å². The zero-order valence-corrected chi connectivity index (χ0v) is 8.39. The first kappa shape index (κ1) is 8.91. The summed E-state index contributed by atoms with van der Waals surface area (Å²) in [4.78, 5) is 5.32. The average Bonchev–Trinajstić information content (AvgIpc) is 2.62. The number of hydrogen-bond acceptors (Lipinski definition) is 3. The SMILES string of the molecule is NC1CCC(=Cc2cncs2)CC1. The van der Waals surface area contributed by atoms with Gasteiger partial charge in [0.1, 0.15) is 0 Å². The Morgan fingerprint density at radius 3 is 2.85 bits per heavy atom. The third kappa shape index (κ3) is 2.39. The molecule has 0 aliphatic heterocycles. The third-order valence-electron chi connectivity index (χ3n) is 2.47. The largest absolute Gasteiger partial charge is 0.328 e. The molecule has 1 fully saturated rings. The van der Waals surface area contributed by atoms with E-state index < -0.39 is 0 Å². The number of allylic oxidation sites excluding steroid dienone is 1. The van der Waals surface area contributed by atoms with E-state index in [1.54, 1.807) is 11.3 Å². The summed E-state index contributed by atoms with van der Waals surface area (Å²) in [5, 5.41) is 0. The Bertz CT molecular complexity index is 280. The molecule has 1 heterocycles. The first-order valence-corrected chi connectivity index (χ1v) is 5.56. The lowest BCUT2D eigenvalue weighted by Crippen LogP contribution is -2.23. The molecule has 1 aromatic heterocycles. The zero-order chi connectivity index (χ0) is 9.10. The van der Waals surface area contributed by atoms with Crippen LogP contribution in [-0.2, 0) is 0 Å². The van der Waals surface area contributed by atoms with Gasteiger partial charge in [0, 0.05) is 17.1 Å². The number of rotatable bonds is 1. The van der Waals surface area contributed by atoms with E-state index in [1.807, 2.05) is 11.7 Å². The van der Waals surface area contributed by atoms with Gasteiger partial charge in [0.2, 0.25) is 0 Å². The Kier molecular flexibility index (Phi) is 2.76. The molecule has 0 amide bonds. The molecule has 1 aliphatic carbocycles. The summed E-state index contributed by atoms with van der Waals surface area (Å²) >= 11 is 1.70. The molecule has 2 nitrogen and oxygen atoms in total. The molecule has 2 rings (SSSR count). The number of nitrogens with zero attached hydrogens (tertiary/aromatic N) is 1. The molecule has 1 aromatic rings. The predicted octanol–water partition coefficient (Wildman–Crippen LogP) is 2.43. The molecule has 0 unspecified atom stereocenters. The fourth-order valence-corrected chi connectivity index (χ4v) is 2.25. The first-order chi connectivity index (χ1) is 6.34. The minimum absolute atomic E-state index is 0.429. The molecule has 13 heavy (non-hydrogen) atoms. The zero-order valence-electron chi connectivity index (χ0n) is 7.57. The van der Waals surface area contributed by atoms with Crippen LogP contribution in [0.25, 0.3) is 6.08 Å². The van der Waals surface area contributed by atoms with Gasteiger partial charge in [0.05, 0.1) is 5.51 Å². The molecule has 0 atom stereocenters. The van der Waals surface area contributed by atoms with Crippen LogP contribution in [0.2, 0.25) is 0 Å². The highest BCUT2D eigenvalue weighted by atomic mass is 32.1. The number of hydrogen-bond donors (Lipinski definition) is 1. The van der Waals surface area contributed by atoms with Crippen LogP contribution in [0.1, 0.15) is 30.6 Å². The summed E-state index contributed by atoms with van der Waals surface area (Å²) in [6.07, 6.45) is 8.81. The maximum Gasteiger partial charge on any atom is 0.0797 e. The summed E-state index contributed by atoms with van der Waals surface area (Å²) in [6, 6.07) is 0.429. The van der Waals surface area contributed by atoms with Gasteiger partial charge in [-0.25, -0.2) is 0 Å². The Morgan fingerprint density at radius 1 is 1.46 bits per heavy atom. The molecular weight excluding hydrogens is 180 g/mol. The molecule has 0 aromatic carbocycles. The minimum Gasteiger partial charge on any atom is -0.328 e. The van der Waals surface area contributed by atoms with Crippen molar-refractivity contribution >= 4 is 17.4 Å². The summed E-state index contributed by atoms with van der Waals surface area (Å²) < 4.78 is 0. The predicted molar refractivity (Wildman–Crippen MR) is 56.5 cm³/mol. The molecule has 70 valence electrons. The maximum atomic E-state index is 5.83. The second-order valence-corrected chi connectivity index (χ2v) is 4.46. The van der Waals surface area contributed by atoms with Crippen LogP contribution < -0.4 is 5.73 Å². The summed E-state index contributed by atoms with van der Waals surface area (Å²) in [7, 11) is 0. The van der Waals surface area contributed by atoms with Crippen molar-refractivity contribution in [3.8, 4) is 0 Å². The highest BCUT2D eigenvalue weighted by Crippen LogP contribution is 2.25. The van der Waals surface area contributed by atoms with Gasteiger partial charge in [-0.2, -0.15) is 0 Å². The molecule has 1 aliphatic rings. The van der Waals surface area contributed by atoms with Crippen molar-refractivity contribution in [3.63, 3.8) is 0 Å². The molecule has 3 heteroatoms. The Hall–Kier alpha value is -0.670. The lowest BCUT2D eigenvalue weighted by molar-refractivity contribution is 0.514. The Labute approximate surface area is 82.5 Å². The lowest BCUT2D eigenvalue weighted by Gasteiger charge is -2.19. The smallest absolute Gasteiger partial charge is 0.0797 e. The van der Waals surface area contributed by atoms with Gasteiger partial charge < -0.3 is 5.73 Å². The van der Waals surface area contributed by atoms with Crippen LogP contribution in [0, 0.1) is 0 Å². The quantitative estimate of drug-likeness (QED) is 0.745. The van der Waals surface area contributed by atoms with E-state index >= 15 is 0 Å². The second-order valence-electron chi connectivity index (χ2n) is 3.54. The standard InChI is InChI=1S/C10H14N2S/c11-9-3-1-8(2-4-9)5-10-6-12-7-13-10/h5-7,9H,1-4,11H2. The van der Waals surface area contributed by atoms with Gasteiger partial charge in [0.15, 0.2) is 0 Å². The van der Waals surface area contributed by atoms with E-state index in [1.165, 1.54) is 23.3 Å². The number of nitrogens with two attached hydrogens (primary N) is 1. The topological polar surface area (TPSA) is 38.9 Å². The van der Waals surface area contributed by atoms with Crippen molar-refractivity contribution in [1.82, 2.24) is 4.98 Å². The molecule has 1 saturated carbocycles. The second kappa shape index (κ2) is 4.03. The van der Waals surface area contributed by atoms with Crippen LogP contribution in [0.15, 0.2) is 17.3 Å². The third-order valence-corrected chi connectivity index (χ3v) is 3.19. The van der Waals surface area contributed by atoms with E-state index in [0.717, 1.165) is 12.8 Å². The van der Waals surface area contributed by atoms with Gasteiger partial charge in [0.25, 0.3) is 0 Å². The highest BCUT2D eigenvalue weighted by Gasteiger charge is 2.12. The maximum absolute atomic E-state index is 5.83. The van der Waals surface area contributed by atoms with E-state index in [4.69, 9.17) is 5.73 Å². The monoisotopic (exact) mass is 194 g/mol. The van der Waals surface area contributed by atoms with Gasteiger partial charge in [-0.05, 0) is 31.8 Å². The van der Waals surface area contributed by atoms with Crippen molar-refractivity contribution in [1.29, 1.82) is 0 Å². The van der Waals surface area contributed by atoms with E-state index in [9.17, 15) is 0 Å². The normalized spacial score (nSPS) is 23.2. The van der Waals surface area contributed by atoms with E-state index in [2.05, 4.69) is 11.1 Å². The summed E-state index contributed by atoms with van der Waals surface area (Å²) in [5.41, 5.74) is 9.24. The average molecular weight is 194 g/mol. The molecule has 0 radical (unpaired) electrons. The van der Waals surface area contributed by atoms with Crippen molar-refractivity contribution in [3.05, 3.63) is 22.2 Å². The van der Waals surface area contributed by atoms with Crippen molar-refractivity contribution in [2.45, 2.75) is 31.7 Å². The van der Waals surface area contributed by atoms with Crippen LogP contribution in [0.3, 0.4) is 0 Å². The van der Waals surface area contributed by atoms with E-state index in [-0.39, 0.29) is 0 Å². The van der Waals surface area contributed by atoms with E-state index in [0.29, 0.717) is 6.04 Å². The fraction of sp³-hybridized carbons (Fsp3) is 0.500. The molecule has 0 spiro atoms. The summed E-state index contributed by atoms with van der Waals surface area (Å²) in [5.74, 6) is 0. The van der Waals surface area contributed by atoms with Gasteiger partial charge >= 0.3 is 0 Å². The highest BCUT2D eigenvalue weighted by molar-refractivity contribution is 7.10. The number of thiazole rings is 1. The van der Waals surface area contributed by atoms with Crippen LogP contribution in [0.5, 0.6) is 0 Å². The van der Waals surface area contributed by atoms with Crippen molar-refractivity contribution in [2.24, 2.45) is 5.73 Å². The minimum atomic E-state index is 0.429. The fourth-order valence-electron chi connectivity index (χ4n) is 1.65. The number of aromatic nitrogens is 1. The first-order valence-electron chi connectivity index (χ1n) is 4.68. The van der Waals surface area contributed by atoms with Gasteiger partial charge in [-0.15, -0.1) is 11.3 Å². The molecule has 2 N–H and O–H groups in total. The van der Waals surface area contributed by atoms with Gasteiger partial charge in [-0.3, -0.25) is 4.98 Å². The summed E-state index contributed by atoms with van der Waals surface area (Å²) in [6.45, 7) is 0.